The first-order valence-corrected chi connectivity index (χ1v) is 7.21. The van der Waals surface area contributed by atoms with Crippen LogP contribution in [0.3, 0.4) is 0 Å². The Balaban J connectivity index is 2.38. The Kier molecular flexibility index (Phi) is 4.43. The van der Waals surface area contributed by atoms with Crippen molar-refractivity contribution in [3.05, 3.63) is 35.1 Å². The number of ether oxygens (including phenoxy) is 1. The average molecular weight is 280 g/mol. The van der Waals surface area contributed by atoms with Crippen molar-refractivity contribution in [2.24, 2.45) is 0 Å². The van der Waals surface area contributed by atoms with Crippen LogP contribution >= 0.6 is 0 Å². The first-order valence-electron chi connectivity index (χ1n) is 7.21. The van der Waals surface area contributed by atoms with Crippen molar-refractivity contribution in [3.63, 3.8) is 0 Å². The monoisotopic (exact) mass is 280 g/mol. The Hall–Kier alpha value is -1.42. The molecule has 4 heteroatoms. The fourth-order valence-corrected chi connectivity index (χ4v) is 3.16. The lowest BCUT2D eigenvalue weighted by Gasteiger charge is -2.32. The van der Waals surface area contributed by atoms with Crippen LogP contribution in [0.2, 0.25) is 0 Å². The maximum Gasteiger partial charge on any atom is 0.338 e. The molecule has 1 N–H and O–H groups in total. The minimum absolute atomic E-state index is 0.230. The second-order valence-corrected chi connectivity index (χ2v) is 5.29. The largest absolute Gasteiger partial charge is 0.464 e. The van der Waals surface area contributed by atoms with E-state index in [1.54, 1.807) is 19.1 Å². The van der Waals surface area contributed by atoms with Gasteiger partial charge in [-0.2, -0.15) is 0 Å². The van der Waals surface area contributed by atoms with Crippen LogP contribution in [-0.4, -0.2) is 23.3 Å². The molecule has 0 aromatic heterocycles. The van der Waals surface area contributed by atoms with Crippen LogP contribution in [-0.2, 0) is 16.0 Å². The first-order chi connectivity index (χ1) is 9.54. The summed E-state index contributed by atoms with van der Waals surface area (Å²) in [7, 11) is 0. The van der Waals surface area contributed by atoms with Gasteiger partial charge in [-0.3, -0.25) is 0 Å². The number of aliphatic hydroxyl groups is 1. The van der Waals surface area contributed by atoms with Crippen LogP contribution in [0.1, 0.15) is 50.2 Å². The molecule has 1 aliphatic carbocycles. The zero-order valence-corrected chi connectivity index (χ0v) is 12.0. The van der Waals surface area contributed by atoms with Gasteiger partial charge < -0.3 is 9.84 Å². The standard InChI is InChI=1S/C16H21FO3/c1-3-10-16(19,15(18)20-4-2)13-9-8-12-11(13)6-5-7-14(12)17/h5-7,13,19H,3-4,8-10H2,1-2H3. The molecule has 0 heterocycles. The molecule has 2 rings (SSSR count). The number of carbonyl (C=O) groups is 1. The smallest absolute Gasteiger partial charge is 0.338 e. The number of rotatable bonds is 5. The van der Waals surface area contributed by atoms with Crippen molar-refractivity contribution in [1.82, 2.24) is 0 Å². The van der Waals surface area contributed by atoms with Gasteiger partial charge in [0.2, 0.25) is 0 Å². The highest BCUT2D eigenvalue weighted by Gasteiger charge is 2.48. The van der Waals surface area contributed by atoms with Crippen molar-refractivity contribution < 1.29 is 19.0 Å². The van der Waals surface area contributed by atoms with E-state index in [9.17, 15) is 14.3 Å². The molecule has 2 unspecified atom stereocenters. The highest BCUT2D eigenvalue weighted by molar-refractivity contribution is 5.81. The van der Waals surface area contributed by atoms with Gasteiger partial charge in [-0.25, -0.2) is 9.18 Å². The fraction of sp³-hybridized carbons (Fsp3) is 0.562. The van der Waals surface area contributed by atoms with Gasteiger partial charge in [0, 0.05) is 5.92 Å². The van der Waals surface area contributed by atoms with Gasteiger partial charge in [-0.1, -0.05) is 25.5 Å². The summed E-state index contributed by atoms with van der Waals surface area (Å²) in [6, 6.07) is 4.85. The molecule has 3 nitrogen and oxygen atoms in total. The van der Waals surface area contributed by atoms with Crippen molar-refractivity contribution in [2.75, 3.05) is 6.61 Å². The van der Waals surface area contributed by atoms with Gasteiger partial charge >= 0.3 is 5.97 Å². The number of hydrogen-bond acceptors (Lipinski definition) is 3. The van der Waals surface area contributed by atoms with E-state index in [0.717, 1.165) is 5.56 Å². The van der Waals surface area contributed by atoms with Gasteiger partial charge in [-0.15, -0.1) is 0 Å². The third-order valence-electron chi connectivity index (χ3n) is 4.05. The third-order valence-corrected chi connectivity index (χ3v) is 4.05. The second kappa shape index (κ2) is 5.92. The number of carbonyl (C=O) groups excluding carboxylic acids is 1. The van der Waals surface area contributed by atoms with Gasteiger partial charge in [0.1, 0.15) is 5.82 Å². The van der Waals surface area contributed by atoms with E-state index < -0.39 is 11.6 Å². The first kappa shape index (κ1) is 15.0. The van der Waals surface area contributed by atoms with E-state index in [4.69, 9.17) is 4.74 Å². The van der Waals surface area contributed by atoms with E-state index in [-0.39, 0.29) is 18.3 Å². The molecule has 1 aromatic carbocycles. The summed E-state index contributed by atoms with van der Waals surface area (Å²) < 4.78 is 18.8. The molecule has 0 bridgehead atoms. The molecule has 0 spiro atoms. The Bertz CT molecular complexity index is 500. The van der Waals surface area contributed by atoms with Crippen molar-refractivity contribution in [3.8, 4) is 0 Å². The van der Waals surface area contributed by atoms with Crippen molar-refractivity contribution in [2.45, 2.75) is 51.0 Å². The summed E-state index contributed by atoms with van der Waals surface area (Å²) in [6.45, 7) is 3.85. The highest BCUT2D eigenvalue weighted by atomic mass is 19.1. The molecule has 0 saturated heterocycles. The van der Waals surface area contributed by atoms with Gasteiger partial charge in [0.25, 0.3) is 0 Å². The maximum absolute atomic E-state index is 13.8. The summed E-state index contributed by atoms with van der Waals surface area (Å²) >= 11 is 0. The van der Waals surface area contributed by atoms with Crippen LogP contribution in [0.25, 0.3) is 0 Å². The van der Waals surface area contributed by atoms with Crippen LogP contribution < -0.4 is 0 Å². The molecule has 0 fully saturated rings. The fourth-order valence-electron chi connectivity index (χ4n) is 3.16. The number of halogens is 1. The van der Waals surface area contributed by atoms with Crippen molar-refractivity contribution >= 4 is 5.97 Å². The van der Waals surface area contributed by atoms with Gasteiger partial charge in [0.05, 0.1) is 6.61 Å². The summed E-state index contributed by atoms with van der Waals surface area (Å²) in [6.07, 6.45) is 2.12. The molecule has 0 saturated carbocycles. The minimum Gasteiger partial charge on any atom is -0.464 e. The van der Waals surface area contributed by atoms with E-state index in [1.165, 1.54) is 6.07 Å². The van der Waals surface area contributed by atoms with E-state index >= 15 is 0 Å². The normalized spacial score (nSPS) is 20.3. The molecule has 20 heavy (non-hydrogen) atoms. The van der Waals surface area contributed by atoms with Crippen LogP contribution in [0, 0.1) is 5.82 Å². The maximum atomic E-state index is 13.8. The Morgan fingerprint density at radius 3 is 2.90 bits per heavy atom. The predicted molar refractivity (Wildman–Crippen MR) is 74.0 cm³/mol. The van der Waals surface area contributed by atoms with E-state index in [1.807, 2.05) is 6.92 Å². The van der Waals surface area contributed by atoms with Crippen LogP contribution in [0.4, 0.5) is 4.39 Å². The summed E-state index contributed by atoms with van der Waals surface area (Å²) in [5.74, 6) is -1.23. The lowest BCUT2D eigenvalue weighted by molar-refractivity contribution is -0.168. The van der Waals surface area contributed by atoms with Gasteiger partial charge in [0.15, 0.2) is 5.60 Å². The number of esters is 1. The topological polar surface area (TPSA) is 46.5 Å². The Morgan fingerprint density at radius 2 is 2.25 bits per heavy atom. The number of fused-ring (bicyclic) bond motifs is 1. The van der Waals surface area contributed by atoms with Crippen molar-refractivity contribution in [1.29, 1.82) is 0 Å². The second-order valence-electron chi connectivity index (χ2n) is 5.29. The van der Waals surface area contributed by atoms with E-state index in [2.05, 4.69) is 0 Å². The molecular formula is C16H21FO3. The van der Waals surface area contributed by atoms with Crippen LogP contribution in [0.5, 0.6) is 0 Å². The lowest BCUT2D eigenvalue weighted by Crippen LogP contribution is -2.45. The van der Waals surface area contributed by atoms with Crippen LogP contribution in [0.15, 0.2) is 18.2 Å². The molecule has 1 aromatic rings. The molecular weight excluding hydrogens is 259 g/mol. The highest BCUT2D eigenvalue weighted by Crippen LogP contribution is 2.43. The predicted octanol–water partition coefficient (Wildman–Crippen LogP) is 2.95. The quantitative estimate of drug-likeness (QED) is 0.843. The molecule has 110 valence electrons. The SMILES string of the molecule is CCCC(O)(C(=O)OCC)C1CCc2c(F)cccc21. The third kappa shape index (κ3) is 2.44. The number of hydrogen-bond donors (Lipinski definition) is 1. The molecule has 0 amide bonds. The summed E-state index contributed by atoms with van der Waals surface area (Å²) in [5, 5.41) is 10.9. The van der Waals surface area contributed by atoms with E-state index in [0.29, 0.717) is 31.2 Å². The zero-order chi connectivity index (χ0) is 14.8. The lowest BCUT2D eigenvalue weighted by atomic mass is 9.80. The Labute approximate surface area is 118 Å². The van der Waals surface area contributed by atoms with Gasteiger partial charge in [-0.05, 0) is 43.4 Å². The average Bonchev–Trinajstić information content (AvgIpc) is 2.85. The molecule has 2 atom stereocenters. The molecule has 0 radical (unpaired) electrons. The summed E-state index contributed by atoms with van der Waals surface area (Å²) in [5.41, 5.74) is -0.186. The summed E-state index contributed by atoms with van der Waals surface area (Å²) in [4.78, 5) is 12.2. The Morgan fingerprint density at radius 1 is 1.50 bits per heavy atom. The minimum atomic E-state index is -1.55. The zero-order valence-electron chi connectivity index (χ0n) is 12.0. The molecule has 0 aliphatic heterocycles. The number of benzene rings is 1. The molecule has 1 aliphatic rings.